The maximum Gasteiger partial charge on any atom is 0.244 e. The summed E-state index contributed by atoms with van der Waals surface area (Å²) < 4.78 is 3.98. The molecule has 25 heavy (non-hydrogen) atoms. The molecule has 0 bridgehead atoms. The van der Waals surface area contributed by atoms with Crippen molar-refractivity contribution in [3.63, 3.8) is 0 Å². The number of halogens is 1. The Morgan fingerprint density at radius 3 is 2.88 bits per heavy atom. The third kappa shape index (κ3) is 2.81. The maximum atomic E-state index is 13.0. The molecule has 1 aliphatic heterocycles. The summed E-state index contributed by atoms with van der Waals surface area (Å²) in [6.07, 6.45) is 3.62. The summed E-state index contributed by atoms with van der Waals surface area (Å²) in [6.45, 7) is 2.08. The first-order valence-electron chi connectivity index (χ1n) is 8.29. The second-order valence-electron chi connectivity index (χ2n) is 6.42. The van der Waals surface area contributed by atoms with Crippen molar-refractivity contribution in [2.45, 2.75) is 19.1 Å². The lowest BCUT2D eigenvalue weighted by atomic mass is 10.1. The van der Waals surface area contributed by atoms with Crippen molar-refractivity contribution in [3.8, 4) is 0 Å². The minimum absolute atomic E-state index is 0.0741. The summed E-state index contributed by atoms with van der Waals surface area (Å²) in [6, 6.07) is 7.68. The van der Waals surface area contributed by atoms with Gasteiger partial charge in [0.05, 0.1) is 12.7 Å². The maximum absolute atomic E-state index is 13.0. The Kier molecular flexibility index (Phi) is 4.01. The van der Waals surface area contributed by atoms with Crippen LogP contribution >= 0.6 is 11.6 Å². The van der Waals surface area contributed by atoms with Gasteiger partial charge in [0.25, 0.3) is 0 Å². The van der Waals surface area contributed by atoms with Crippen LogP contribution in [-0.2, 0) is 24.9 Å². The fourth-order valence-corrected chi connectivity index (χ4v) is 3.76. The predicted octanol–water partition coefficient (Wildman–Crippen LogP) is 2.33. The lowest BCUT2D eigenvalue weighted by Crippen LogP contribution is -2.43. The number of carbonyl (C=O) groups excluding carboxylic acids is 1. The van der Waals surface area contributed by atoms with Gasteiger partial charge in [0, 0.05) is 53.5 Å². The molecule has 1 aromatic carbocycles. The van der Waals surface area contributed by atoms with E-state index in [4.69, 9.17) is 11.6 Å². The molecule has 3 aromatic rings. The van der Waals surface area contributed by atoms with E-state index in [-0.39, 0.29) is 11.9 Å². The first-order chi connectivity index (χ1) is 12.1. The largest absolute Gasteiger partial charge is 0.341 e. The van der Waals surface area contributed by atoms with Crippen molar-refractivity contribution in [2.24, 2.45) is 7.05 Å². The number of rotatable bonds is 3. The minimum Gasteiger partial charge on any atom is -0.341 e. The zero-order valence-corrected chi connectivity index (χ0v) is 15.0. The third-order valence-corrected chi connectivity index (χ3v) is 5.04. The normalized spacial score (nSPS) is 15.4. The molecule has 3 heterocycles. The highest BCUT2D eigenvalue weighted by Gasteiger charge is 2.29. The zero-order valence-electron chi connectivity index (χ0n) is 14.2. The van der Waals surface area contributed by atoms with Crippen LogP contribution in [0.4, 0.5) is 0 Å². The van der Waals surface area contributed by atoms with Gasteiger partial charge in [0.1, 0.15) is 6.04 Å². The van der Waals surface area contributed by atoms with Crippen molar-refractivity contribution in [3.05, 3.63) is 52.9 Å². The summed E-state index contributed by atoms with van der Waals surface area (Å²) in [4.78, 5) is 14.9. The first-order valence-corrected chi connectivity index (χ1v) is 8.67. The number of amides is 1. The molecule has 1 amide bonds. The van der Waals surface area contributed by atoms with E-state index in [1.807, 2.05) is 36.3 Å². The van der Waals surface area contributed by atoms with Crippen molar-refractivity contribution in [2.75, 3.05) is 13.6 Å². The summed E-state index contributed by atoms with van der Waals surface area (Å²) in [5.41, 5.74) is 3.19. The number of carbonyl (C=O) groups is 1. The zero-order chi connectivity index (χ0) is 17.6. The molecule has 0 spiro atoms. The number of benzene rings is 1. The molecule has 0 fully saturated rings. The van der Waals surface area contributed by atoms with E-state index in [0.29, 0.717) is 13.1 Å². The van der Waals surface area contributed by atoms with Crippen molar-refractivity contribution >= 4 is 28.4 Å². The van der Waals surface area contributed by atoms with Gasteiger partial charge in [-0.3, -0.25) is 9.48 Å². The van der Waals surface area contributed by atoms with Crippen LogP contribution in [0.1, 0.15) is 17.3 Å². The highest BCUT2D eigenvalue weighted by Crippen LogP contribution is 2.27. The molecule has 0 saturated heterocycles. The van der Waals surface area contributed by atoms with Crippen LogP contribution in [0.25, 0.3) is 10.9 Å². The standard InChI is InChI=1S/C18H20ClN5O/c1-20-17(13-9-21-22(2)10-13)18(25)23-5-6-24-15(11-23)8-12-7-14(19)3-4-16(12)24/h3-4,7-10,17,20H,5-6,11H2,1-2H3. The number of aryl methyl sites for hydroxylation is 1. The predicted molar refractivity (Wildman–Crippen MR) is 97.4 cm³/mol. The summed E-state index contributed by atoms with van der Waals surface area (Å²) in [5, 5.41) is 9.14. The van der Waals surface area contributed by atoms with E-state index in [0.717, 1.165) is 28.2 Å². The molecule has 7 heteroatoms. The first kappa shape index (κ1) is 16.2. The Balaban J connectivity index is 1.61. The van der Waals surface area contributed by atoms with Crippen molar-refractivity contribution in [1.82, 2.24) is 24.6 Å². The van der Waals surface area contributed by atoms with Crippen LogP contribution in [-0.4, -0.2) is 38.7 Å². The van der Waals surface area contributed by atoms with Gasteiger partial charge < -0.3 is 14.8 Å². The van der Waals surface area contributed by atoms with Gasteiger partial charge in [0.15, 0.2) is 0 Å². The average molecular weight is 358 g/mol. The Morgan fingerprint density at radius 2 is 2.16 bits per heavy atom. The van der Waals surface area contributed by atoms with Crippen molar-refractivity contribution < 1.29 is 4.79 Å². The van der Waals surface area contributed by atoms with E-state index in [2.05, 4.69) is 21.0 Å². The van der Waals surface area contributed by atoms with Crippen LogP contribution in [0.15, 0.2) is 36.7 Å². The monoisotopic (exact) mass is 357 g/mol. The number of hydrogen-bond acceptors (Lipinski definition) is 3. The minimum atomic E-state index is -0.376. The molecule has 1 atom stereocenters. The highest BCUT2D eigenvalue weighted by atomic mass is 35.5. The third-order valence-electron chi connectivity index (χ3n) is 4.80. The quantitative estimate of drug-likeness (QED) is 0.782. The lowest BCUT2D eigenvalue weighted by Gasteiger charge is -2.31. The summed E-state index contributed by atoms with van der Waals surface area (Å²) in [7, 11) is 3.66. The Bertz CT molecular complexity index is 944. The van der Waals surface area contributed by atoms with Gasteiger partial charge >= 0.3 is 0 Å². The van der Waals surface area contributed by atoms with E-state index < -0.39 is 0 Å². The SMILES string of the molecule is CNC(C(=O)N1CCn2c(cc3cc(Cl)ccc32)C1)c1cnn(C)c1. The molecule has 4 rings (SSSR count). The number of likely N-dealkylation sites (N-methyl/N-ethyl adjacent to an activating group) is 1. The number of fused-ring (bicyclic) bond motifs is 3. The molecule has 1 unspecified atom stereocenters. The molecule has 6 nitrogen and oxygen atoms in total. The Hall–Kier alpha value is -2.31. The molecule has 2 aromatic heterocycles. The molecule has 1 N–H and O–H groups in total. The van der Waals surface area contributed by atoms with E-state index >= 15 is 0 Å². The molecule has 0 radical (unpaired) electrons. The Morgan fingerprint density at radius 1 is 1.32 bits per heavy atom. The smallest absolute Gasteiger partial charge is 0.244 e. The van der Waals surface area contributed by atoms with Gasteiger partial charge in [-0.15, -0.1) is 0 Å². The van der Waals surface area contributed by atoms with Gasteiger partial charge in [-0.2, -0.15) is 5.10 Å². The molecular formula is C18H20ClN5O. The van der Waals surface area contributed by atoms with Crippen molar-refractivity contribution in [1.29, 1.82) is 0 Å². The topological polar surface area (TPSA) is 55.1 Å². The molecule has 1 aliphatic rings. The summed E-state index contributed by atoms with van der Waals surface area (Å²) in [5.74, 6) is 0.0741. The Labute approximate surface area is 151 Å². The number of nitrogens with one attached hydrogen (secondary N) is 1. The van der Waals surface area contributed by atoms with E-state index in [9.17, 15) is 4.79 Å². The fourth-order valence-electron chi connectivity index (χ4n) is 3.58. The van der Waals surface area contributed by atoms with Gasteiger partial charge in [0.2, 0.25) is 5.91 Å². The number of nitrogens with zero attached hydrogens (tertiary/aromatic N) is 4. The lowest BCUT2D eigenvalue weighted by molar-refractivity contribution is -0.135. The van der Waals surface area contributed by atoms with E-state index in [1.165, 1.54) is 5.52 Å². The number of hydrogen-bond donors (Lipinski definition) is 1. The number of aromatic nitrogens is 3. The van der Waals surface area contributed by atoms with Crippen LogP contribution in [0.2, 0.25) is 5.02 Å². The second kappa shape index (κ2) is 6.20. The highest BCUT2D eigenvalue weighted by molar-refractivity contribution is 6.31. The van der Waals surface area contributed by atoms with Gasteiger partial charge in [-0.05, 0) is 31.3 Å². The molecule has 130 valence electrons. The van der Waals surface area contributed by atoms with Gasteiger partial charge in [-0.25, -0.2) is 0 Å². The molecular weight excluding hydrogens is 338 g/mol. The van der Waals surface area contributed by atoms with Crippen LogP contribution in [0, 0.1) is 0 Å². The van der Waals surface area contributed by atoms with Crippen LogP contribution in [0.3, 0.4) is 0 Å². The molecule has 0 aliphatic carbocycles. The second-order valence-corrected chi connectivity index (χ2v) is 6.86. The van der Waals surface area contributed by atoms with Crippen LogP contribution < -0.4 is 5.32 Å². The summed E-state index contributed by atoms with van der Waals surface area (Å²) >= 11 is 6.10. The van der Waals surface area contributed by atoms with Crippen LogP contribution in [0.5, 0.6) is 0 Å². The average Bonchev–Trinajstić information content (AvgIpc) is 3.17. The van der Waals surface area contributed by atoms with Gasteiger partial charge in [-0.1, -0.05) is 11.6 Å². The molecule has 0 saturated carbocycles. The fraction of sp³-hybridized carbons (Fsp3) is 0.333. The van der Waals surface area contributed by atoms with E-state index in [1.54, 1.807) is 17.9 Å².